The fraction of sp³-hybridized carbons (Fsp3) is 0.476. The van der Waals surface area contributed by atoms with Crippen LogP contribution in [-0.4, -0.2) is 42.8 Å². The Bertz CT molecular complexity index is 824. The number of hydrogen-bond acceptors (Lipinski definition) is 6. The summed E-state index contributed by atoms with van der Waals surface area (Å²) in [6, 6.07) is 5.77. The Balaban J connectivity index is 1.62. The van der Waals surface area contributed by atoms with Crippen molar-refractivity contribution in [2.45, 2.75) is 37.9 Å². The predicted octanol–water partition coefficient (Wildman–Crippen LogP) is 3.66. The maximum atomic E-state index is 12.8. The maximum absolute atomic E-state index is 12.8. The molecular formula is C21H27N3O3S2. The third-order valence-electron chi connectivity index (χ3n) is 4.67. The summed E-state index contributed by atoms with van der Waals surface area (Å²) in [7, 11) is 1.65. The van der Waals surface area contributed by atoms with E-state index >= 15 is 0 Å². The van der Waals surface area contributed by atoms with Crippen LogP contribution in [0.15, 0.2) is 24.4 Å². The van der Waals surface area contributed by atoms with Gasteiger partial charge in [-0.2, -0.15) is 0 Å². The number of pyridine rings is 1. The lowest BCUT2D eigenvalue weighted by molar-refractivity contribution is -0.113. The van der Waals surface area contributed by atoms with Crippen LogP contribution in [-0.2, 0) is 28.1 Å². The highest BCUT2D eigenvalue weighted by atomic mass is 32.2. The minimum atomic E-state index is -0.100. The molecule has 0 spiro atoms. The molecule has 2 aromatic rings. The molecule has 156 valence electrons. The molecule has 0 saturated carbocycles. The van der Waals surface area contributed by atoms with Crippen molar-refractivity contribution in [3.63, 3.8) is 0 Å². The van der Waals surface area contributed by atoms with Gasteiger partial charge >= 0.3 is 0 Å². The topological polar surface area (TPSA) is 80.3 Å². The molecule has 0 atom stereocenters. The highest BCUT2D eigenvalue weighted by Crippen LogP contribution is 2.38. The van der Waals surface area contributed by atoms with Crippen LogP contribution in [0.2, 0.25) is 0 Å². The number of amides is 2. The number of nitrogens with one attached hydrogen (secondary N) is 2. The Morgan fingerprint density at radius 2 is 2.14 bits per heavy atom. The van der Waals surface area contributed by atoms with Crippen molar-refractivity contribution in [1.29, 1.82) is 0 Å². The van der Waals surface area contributed by atoms with E-state index in [1.807, 2.05) is 18.2 Å². The molecule has 8 heteroatoms. The molecule has 1 aliphatic rings. The zero-order valence-electron chi connectivity index (χ0n) is 16.7. The predicted molar refractivity (Wildman–Crippen MR) is 119 cm³/mol. The van der Waals surface area contributed by atoms with Crippen LogP contribution in [0, 0.1) is 0 Å². The molecule has 0 fully saturated rings. The second kappa shape index (κ2) is 11.3. The Morgan fingerprint density at radius 1 is 1.28 bits per heavy atom. The van der Waals surface area contributed by atoms with Crippen LogP contribution >= 0.6 is 23.1 Å². The average Bonchev–Trinajstić information content (AvgIpc) is 3.09. The second-order valence-electron chi connectivity index (χ2n) is 6.88. The molecule has 29 heavy (non-hydrogen) atoms. The van der Waals surface area contributed by atoms with Gasteiger partial charge < -0.3 is 15.4 Å². The fourth-order valence-corrected chi connectivity index (χ4v) is 5.34. The number of carbonyl (C=O) groups is 2. The van der Waals surface area contributed by atoms with E-state index in [1.165, 1.54) is 16.6 Å². The molecule has 0 radical (unpaired) electrons. The van der Waals surface area contributed by atoms with E-state index in [0.717, 1.165) is 43.4 Å². The molecule has 0 saturated heterocycles. The van der Waals surface area contributed by atoms with Gasteiger partial charge in [-0.1, -0.05) is 6.07 Å². The summed E-state index contributed by atoms with van der Waals surface area (Å²) in [6.45, 7) is 1.17. The zero-order valence-corrected chi connectivity index (χ0v) is 18.3. The van der Waals surface area contributed by atoms with E-state index in [4.69, 9.17) is 4.74 Å². The number of aryl methyl sites for hydroxylation is 1. The van der Waals surface area contributed by atoms with Crippen molar-refractivity contribution < 1.29 is 14.3 Å². The zero-order chi connectivity index (χ0) is 20.5. The molecular weight excluding hydrogens is 406 g/mol. The van der Waals surface area contributed by atoms with Crippen molar-refractivity contribution in [2.75, 3.05) is 31.3 Å². The molecule has 2 N–H and O–H groups in total. The largest absolute Gasteiger partial charge is 0.385 e. The lowest BCUT2D eigenvalue weighted by Crippen LogP contribution is -2.27. The van der Waals surface area contributed by atoms with E-state index in [1.54, 1.807) is 24.6 Å². The van der Waals surface area contributed by atoms with Gasteiger partial charge in [0.25, 0.3) is 5.91 Å². The lowest BCUT2D eigenvalue weighted by atomic mass is 9.95. The minimum Gasteiger partial charge on any atom is -0.385 e. The Morgan fingerprint density at radius 3 is 2.93 bits per heavy atom. The quantitative estimate of drug-likeness (QED) is 0.559. The molecule has 0 aliphatic heterocycles. The summed E-state index contributed by atoms with van der Waals surface area (Å²) in [5, 5.41) is 6.65. The smallest absolute Gasteiger partial charge is 0.254 e. The van der Waals surface area contributed by atoms with E-state index in [9.17, 15) is 9.59 Å². The number of aromatic nitrogens is 1. The maximum Gasteiger partial charge on any atom is 0.254 e. The summed E-state index contributed by atoms with van der Waals surface area (Å²) in [5.74, 6) is 0.825. The van der Waals surface area contributed by atoms with E-state index in [2.05, 4.69) is 15.6 Å². The average molecular weight is 434 g/mol. The number of rotatable bonds is 10. The summed E-state index contributed by atoms with van der Waals surface area (Å²) in [6.07, 6.45) is 6.62. The van der Waals surface area contributed by atoms with Crippen LogP contribution in [0.25, 0.3) is 0 Å². The third kappa shape index (κ3) is 6.29. The van der Waals surface area contributed by atoms with Crippen molar-refractivity contribution in [1.82, 2.24) is 10.3 Å². The number of hydrogen-bond donors (Lipinski definition) is 2. The molecule has 2 aromatic heterocycles. The van der Waals surface area contributed by atoms with Gasteiger partial charge in [0.05, 0.1) is 17.0 Å². The molecule has 6 nitrogen and oxygen atoms in total. The number of thiophene rings is 1. The van der Waals surface area contributed by atoms with Gasteiger partial charge in [-0.3, -0.25) is 14.6 Å². The number of carbonyl (C=O) groups excluding carboxylic acids is 2. The van der Waals surface area contributed by atoms with E-state index in [-0.39, 0.29) is 11.8 Å². The Hall–Kier alpha value is -1.90. The minimum absolute atomic E-state index is 0.0852. The van der Waals surface area contributed by atoms with Gasteiger partial charge in [-0.05, 0) is 49.8 Å². The first-order valence-corrected chi connectivity index (χ1v) is 11.9. The first kappa shape index (κ1) is 21.8. The molecule has 0 unspecified atom stereocenters. The molecule has 3 rings (SSSR count). The number of methoxy groups -OCH3 is 1. The number of anilines is 1. The first-order valence-electron chi connectivity index (χ1n) is 9.88. The number of ether oxygens (including phenoxy) is 1. The van der Waals surface area contributed by atoms with Gasteiger partial charge in [0, 0.05) is 37.1 Å². The third-order valence-corrected chi connectivity index (χ3v) is 6.84. The van der Waals surface area contributed by atoms with Crippen LogP contribution in [0.5, 0.6) is 0 Å². The second-order valence-corrected chi connectivity index (χ2v) is 8.97. The van der Waals surface area contributed by atoms with Crippen LogP contribution in [0.4, 0.5) is 5.00 Å². The SMILES string of the molecule is COCCCNC(=O)c1c(NC(=O)CSCc2ccccn2)sc2c1CCCC2. The van der Waals surface area contributed by atoms with Gasteiger partial charge in [0.15, 0.2) is 0 Å². The Kier molecular flexibility index (Phi) is 8.52. The highest BCUT2D eigenvalue weighted by molar-refractivity contribution is 7.99. The van der Waals surface area contributed by atoms with Crippen molar-refractivity contribution in [2.24, 2.45) is 0 Å². The number of thioether (sulfide) groups is 1. The van der Waals surface area contributed by atoms with Crippen LogP contribution in [0.1, 0.15) is 45.8 Å². The number of fused-ring (bicyclic) bond motifs is 1. The fourth-order valence-electron chi connectivity index (χ4n) is 3.30. The van der Waals surface area contributed by atoms with Crippen molar-refractivity contribution >= 4 is 39.9 Å². The summed E-state index contributed by atoms with van der Waals surface area (Å²) < 4.78 is 5.04. The van der Waals surface area contributed by atoms with Crippen LogP contribution < -0.4 is 10.6 Å². The number of nitrogens with zero attached hydrogens (tertiary/aromatic N) is 1. The van der Waals surface area contributed by atoms with E-state index in [0.29, 0.717) is 35.2 Å². The van der Waals surface area contributed by atoms with Gasteiger partial charge in [-0.15, -0.1) is 23.1 Å². The standard InChI is InChI=1S/C21H27N3O3S2/c1-27-12-6-11-23-20(26)19-16-8-2-3-9-17(16)29-21(19)24-18(25)14-28-13-15-7-4-5-10-22-15/h4-5,7,10H,2-3,6,8-9,11-14H2,1H3,(H,23,26)(H,24,25). The lowest BCUT2D eigenvalue weighted by Gasteiger charge is -2.13. The van der Waals surface area contributed by atoms with E-state index < -0.39 is 0 Å². The monoisotopic (exact) mass is 433 g/mol. The van der Waals surface area contributed by atoms with Gasteiger partial charge in [-0.25, -0.2) is 0 Å². The summed E-state index contributed by atoms with van der Waals surface area (Å²) in [5.41, 5.74) is 2.72. The molecule has 2 heterocycles. The highest BCUT2D eigenvalue weighted by Gasteiger charge is 2.26. The van der Waals surface area contributed by atoms with Crippen molar-refractivity contribution in [3.05, 3.63) is 46.1 Å². The normalized spacial score (nSPS) is 13.0. The van der Waals surface area contributed by atoms with Crippen molar-refractivity contribution in [3.8, 4) is 0 Å². The van der Waals surface area contributed by atoms with Gasteiger partial charge in [0.1, 0.15) is 5.00 Å². The summed E-state index contributed by atoms with van der Waals surface area (Å²) >= 11 is 3.07. The molecule has 1 aliphatic carbocycles. The first-order chi connectivity index (χ1) is 14.2. The van der Waals surface area contributed by atoms with Gasteiger partial charge in [0.2, 0.25) is 5.91 Å². The molecule has 0 bridgehead atoms. The summed E-state index contributed by atoms with van der Waals surface area (Å²) in [4.78, 5) is 30.8. The van der Waals surface area contributed by atoms with Crippen LogP contribution in [0.3, 0.4) is 0 Å². The molecule has 0 aromatic carbocycles. The Labute approximate surface area is 179 Å². The molecule has 2 amide bonds.